The number of aliphatic carboxylic acids is 1. The van der Waals surface area contributed by atoms with E-state index in [4.69, 9.17) is 0 Å². The lowest BCUT2D eigenvalue weighted by molar-refractivity contribution is -0.184. The molecule has 0 aromatic heterocycles. The summed E-state index contributed by atoms with van der Waals surface area (Å²) >= 11 is 0. The highest BCUT2D eigenvalue weighted by Crippen LogP contribution is 2.51. The van der Waals surface area contributed by atoms with Crippen molar-refractivity contribution in [3.8, 4) is 0 Å². The van der Waals surface area contributed by atoms with Gasteiger partial charge in [-0.3, -0.25) is 4.79 Å². The molecule has 3 heteroatoms. The van der Waals surface area contributed by atoms with Crippen molar-refractivity contribution in [2.75, 3.05) is 0 Å². The Labute approximate surface area is 110 Å². The summed E-state index contributed by atoms with van der Waals surface area (Å²) in [7, 11) is 0. The molecular formula is C15H26O3. The van der Waals surface area contributed by atoms with Gasteiger partial charge in [0.05, 0.1) is 11.0 Å². The van der Waals surface area contributed by atoms with Gasteiger partial charge >= 0.3 is 5.97 Å². The molecule has 0 radical (unpaired) electrons. The Bertz CT molecular complexity index is 301. The van der Waals surface area contributed by atoms with Crippen LogP contribution in [0.3, 0.4) is 0 Å². The van der Waals surface area contributed by atoms with Crippen LogP contribution in [0, 0.1) is 11.3 Å². The van der Waals surface area contributed by atoms with Crippen LogP contribution in [-0.4, -0.2) is 21.8 Å². The number of hydrogen-bond donors (Lipinski definition) is 2. The zero-order valence-electron chi connectivity index (χ0n) is 11.5. The minimum Gasteiger partial charge on any atom is -0.481 e. The van der Waals surface area contributed by atoms with Crippen LogP contribution in [0.15, 0.2) is 0 Å². The van der Waals surface area contributed by atoms with Crippen molar-refractivity contribution in [1.82, 2.24) is 0 Å². The van der Waals surface area contributed by atoms with Crippen molar-refractivity contribution in [1.29, 1.82) is 0 Å². The highest BCUT2D eigenvalue weighted by molar-refractivity contribution is 5.76. The van der Waals surface area contributed by atoms with Crippen LogP contribution in [0.1, 0.15) is 71.1 Å². The first-order chi connectivity index (χ1) is 8.51. The molecule has 2 aliphatic carbocycles. The lowest BCUT2D eigenvalue weighted by atomic mass is 9.57. The van der Waals surface area contributed by atoms with E-state index in [1.165, 1.54) is 6.42 Å². The van der Waals surface area contributed by atoms with Gasteiger partial charge in [0.25, 0.3) is 0 Å². The zero-order chi connectivity index (χ0) is 13.2. The van der Waals surface area contributed by atoms with Crippen molar-refractivity contribution in [2.45, 2.75) is 76.7 Å². The summed E-state index contributed by atoms with van der Waals surface area (Å²) in [6, 6.07) is 0. The van der Waals surface area contributed by atoms with Gasteiger partial charge in [-0.15, -0.1) is 0 Å². The third-order valence-electron chi connectivity index (χ3n) is 5.51. The fraction of sp³-hybridized carbons (Fsp3) is 0.933. The number of hydrogen-bond acceptors (Lipinski definition) is 2. The Balaban J connectivity index is 2.26. The smallest absolute Gasteiger partial charge is 0.312 e. The van der Waals surface area contributed by atoms with E-state index in [-0.39, 0.29) is 5.92 Å². The quantitative estimate of drug-likeness (QED) is 0.812. The van der Waals surface area contributed by atoms with Gasteiger partial charge < -0.3 is 10.2 Å². The monoisotopic (exact) mass is 254 g/mol. The number of carboxylic acid groups (broad SMARTS) is 1. The maximum Gasteiger partial charge on any atom is 0.312 e. The van der Waals surface area contributed by atoms with Crippen molar-refractivity contribution >= 4 is 5.97 Å². The van der Waals surface area contributed by atoms with Crippen molar-refractivity contribution < 1.29 is 15.0 Å². The Kier molecular flexibility index (Phi) is 4.00. The number of carboxylic acids is 1. The van der Waals surface area contributed by atoms with E-state index in [9.17, 15) is 15.0 Å². The summed E-state index contributed by atoms with van der Waals surface area (Å²) in [4.78, 5) is 11.9. The van der Waals surface area contributed by atoms with Crippen LogP contribution in [-0.2, 0) is 4.79 Å². The third kappa shape index (κ3) is 2.18. The van der Waals surface area contributed by atoms with E-state index in [0.29, 0.717) is 12.8 Å². The Morgan fingerprint density at radius 1 is 1.06 bits per heavy atom. The minimum atomic E-state index is -0.987. The molecule has 0 amide bonds. The van der Waals surface area contributed by atoms with E-state index in [1.54, 1.807) is 6.92 Å². The number of aliphatic hydroxyl groups is 1. The molecule has 0 aliphatic heterocycles. The second kappa shape index (κ2) is 5.20. The molecule has 2 fully saturated rings. The van der Waals surface area contributed by atoms with Crippen LogP contribution >= 0.6 is 0 Å². The minimum absolute atomic E-state index is 0.145. The molecule has 0 aromatic carbocycles. The Morgan fingerprint density at radius 3 is 2.06 bits per heavy atom. The van der Waals surface area contributed by atoms with Crippen LogP contribution < -0.4 is 0 Å². The second-order valence-electron chi connectivity index (χ2n) is 6.43. The van der Waals surface area contributed by atoms with Gasteiger partial charge in [-0.1, -0.05) is 38.5 Å². The molecule has 3 nitrogen and oxygen atoms in total. The van der Waals surface area contributed by atoms with Crippen molar-refractivity contribution in [3.63, 3.8) is 0 Å². The van der Waals surface area contributed by atoms with E-state index >= 15 is 0 Å². The first kappa shape index (κ1) is 13.9. The molecule has 0 bridgehead atoms. The normalized spacial score (nSPS) is 28.6. The average Bonchev–Trinajstić information content (AvgIpc) is 2.39. The molecule has 1 atom stereocenters. The molecule has 2 N–H and O–H groups in total. The second-order valence-corrected chi connectivity index (χ2v) is 6.43. The van der Waals surface area contributed by atoms with Gasteiger partial charge in [-0.2, -0.15) is 0 Å². The number of carbonyl (C=O) groups is 1. The van der Waals surface area contributed by atoms with Crippen LogP contribution in [0.5, 0.6) is 0 Å². The van der Waals surface area contributed by atoms with E-state index in [2.05, 4.69) is 0 Å². The molecule has 18 heavy (non-hydrogen) atoms. The molecule has 2 aliphatic rings. The molecule has 0 heterocycles. The summed E-state index contributed by atoms with van der Waals surface area (Å²) in [6.07, 6.45) is 9.74. The van der Waals surface area contributed by atoms with E-state index < -0.39 is 17.0 Å². The molecule has 0 saturated heterocycles. The van der Waals surface area contributed by atoms with Crippen molar-refractivity contribution in [2.24, 2.45) is 11.3 Å². The summed E-state index contributed by atoms with van der Waals surface area (Å²) in [6.45, 7) is 1.80. The third-order valence-corrected chi connectivity index (χ3v) is 5.51. The maximum atomic E-state index is 11.9. The Hall–Kier alpha value is -0.570. The van der Waals surface area contributed by atoms with Gasteiger partial charge in [-0.25, -0.2) is 0 Å². The molecule has 2 saturated carbocycles. The predicted molar refractivity (Wildman–Crippen MR) is 70.4 cm³/mol. The molecule has 0 spiro atoms. The fourth-order valence-corrected chi connectivity index (χ4v) is 4.09. The van der Waals surface area contributed by atoms with E-state index in [1.807, 2.05) is 0 Å². The summed E-state index contributed by atoms with van der Waals surface area (Å²) in [5.41, 5.74) is -1.94. The first-order valence-corrected chi connectivity index (χ1v) is 7.46. The summed E-state index contributed by atoms with van der Waals surface area (Å²) < 4.78 is 0. The highest BCUT2D eigenvalue weighted by Gasteiger charge is 2.56. The fourth-order valence-electron chi connectivity index (χ4n) is 4.09. The number of rotatable bonds is 3. The average molecular weight is 254 g/mol. The standard InChI is InChI=1S/C15H26O3/c1-14(13(16)17,12-8-4-2-5-9-12)15(18)10-6-3-7-11-15/h12,18H,2-11H2,1H3,(H,16,17)/t14-/m1/s1. The summed E-state index contributed by atoms with van der Waals surface area (Å²) in [5.74, 6) is -0.648. The van der Waals surface area contributed by atoms with Gasteiger partial charge in [-0.05, 0) is 38.5 Å². The maximum absolute atomic E-state index is 11.9. The highest BCUT2D eigenvalue weighted by atomic mass is 16.4. The zero-order valence-corrected chi connectivity index (χ0v) is 11.5. The van der Waals surface area contributed by atoms with Crippen LogP contribution in [0.4, 0.5) is 0 Å². The molecule has 0 unspecified atom stereocenters. The topological polar surface area (TPSA) is 57.5 Å². The predicted octanol–water partition coefficient (Wildman–Crippen LogP) is 3.35. The molecular weight excluding hydrogens is 228 g/mol. The summed E-state index contributed by atoms with van der Waals surface area (Å²) in [5, 5.41) is 20.7. The lowest BCUT2D eigenvalue weighted by Gasteiger charge is -2.49. The van der Waals surface area contributed by atoms with Crippen LogP contribution in [0.2, 0.25) is 0 Å². The van der Waals surface area contributed by atoms with Gasteiger partial charge in [0.1, 0.15) is 0 Å². The lowest BCUT2D eigenvalue weighted by Crippen LogP contribution is -2.56. The van der Waals surface area contributed by atoms with Gasteiger partial charge in [0.2, 0.25) is 0 Å². The van der Waals surface area contributed by atoms with Gasteiger partial charge in [0, 0.05) is 0 Å². The first-order valence-electron chi connectivity index (χ1n) is 7.46. The molecule has 2 rings (SSSR count). The van der Waals surface area contributed by atoms with Gasteiger partial charge in [0.15, 0.2) is 0 Å². The van der Waals surface area contributed by atoms with E-state index in [0.717, 1.165) is 44.9 Å². The van der Waals surface area contributed by atoms with Crippen LogP contribution in [0.25, 0.3) is 0 Å². The SMILES string of the molecule is C[C@](C(=O)O)(C1CCCCC1)C1(O)CCCCC1. The molecule has 104 valence electrons. The van der Waals surface area contributed by atoms with Crippen molar-refractivity contribution in [3.05, 3.63) is 0 Å². The molecule has 0 aromatic rings. The Morgan fingerprint density at radius 2 is 1.56 bits per heavy atom. The largest absolute Gasteiger partial charge is 0.481 e.